The van der Waals surface area contributed by atoms with Gasteiger partial charge >= 0.3 is 5.97 Å². The zero-order valence-electron chi connectivity index (χ0n) is 11.0. The fourth-order valence-corrected chi connectivity index (χ4v) is 5.31. The van der Waals surface area contributed by atoms with Crippen molar-refractivity contribution in [3.63, 3.8) is 0 Å². The van der Waals surface area contributed by atoms with E-state index in [4.69, 9.17) is 5.11 Å². The maximum atomic E-state index is 12.7. The summed E-state index contributed by atoms with van der Waals surface area (Å²) in [7, 11) is -3.58. The lowest BCUT2D eigenvalue weighted by Gasteiger charge is -2.23. The molecule has 1 unspecified atom stereocenters. The zero-order chi connectivity index (χ0) is 14.9. The van der Waals surface area contributed by atoms with Crippen LogP contribution in [0.15, 0.2) is 27.6 Å². The zero-order valence-corrected chi connectivity index (χ0v) is 13.4. The Hall–Kier alpha value is -0.920. The first kappa shape index (κ1) is 15.5. The molecule has 1 saturated heterocycles. The lowest BCUT2D eigenvalue weighted by Crippen LogP contribution is -2.35. The van der Waals surface area contributed by atoms with Crippen LogP contribution in [0, 0.1) is 0 Å². The van der Waals surface area contributed by atoms with Crippen LogP contribution in [-0.2, 0) is 10.0 Å². The van der Waals surface area contributed by atoms with Crippen LogP contribution < -0.4 is 0 Å². The summed E-state index contributed by atoms with van der Waals surface area (Å²) in [5.74, 6) is -1.08. The standard InChI is InChI=1S/C13H16BrNO4S/c1-2-10-4-3-7-15(10)20(18,19)12-6-5-9(13(16)17)8-11(12)14/h5-6,8,10H,2-4,7H2,1H3,(H,16,17). The first-order chi connectivity index (χ1) is 9.37. The maximum Gasteiger partial charge on any atom is 0.335 e. The molecule has 0 amide bonds. The number of nitrogens with zero attached hydrogens (tertiary/aromatic N) is 1. The van der Waals surface area contributed by atoms with Gasteiger partial charge in [-0.25, -0.2) is 13.2 Å². The van der Waals surface area contributed by atoms with Crippen LogP contribution in [0.25, 0.3) is 0 Å². The van der Waals surface area contributed by atoms with Gasteiger partial charge in [-0.05, 0) is 53.4 Å². The van der Waals surface area contributed by atoms with Gasteiger partial charge in [0.05, 0.1) is 10.5 Å². The number of carboxylic acids is 1. The van der Waals surface area contributed by atoms with E-state index in [-0.39, 0.29) is 16.5 Å². The molecular weight excluding hydrogens is 346 g/mol. The van der Waals surface area contributed by atoms with Crippen molar-refractivity contribution in [3.8, 4) is 0 Å². The van der Waals surface area contributed by atoms with E-state index in [1.165, 1.54) is 22.5 Å². The van der Waals surface area contributed by atoms with Gasteiger partial charge in [0, 0.05) is 17.1 Å². The highest BCUT2D eigenvalue weighted by atomic mass is 79.9. The van der Waals surface area contributed by atoms with E-state index in [9.17, 15) is 13.2 Å². The predicted octanol–water partition coefficient (Wildman–Crippen LogP) is 2.71. The highest BCUT2D eigenvalue weighted by molar-refractivity contribution is 9.10. The van der Waals surface area contributed by atoms with E-state index in [1.54, 1.807) is 0 Å². The Kier molecular flexibility index (Phi) is 4.51. The molecule has 5 nitrogen and oxygen atoms in total. The van der Waals surface area contributed by atoms with Crippen LogP contribution >= 0.6 is 15.9 Å². The third-order valence-electron chi connectivity index (χ3n) is 3.56. The third-order valence-corrected chi connectivity index (χ3v) is 6.49. The average molecular weight is 362 g/mol. The minimum Gasteiger partial charge on any atom is -0.478 e. The lowest BCUT2D eigenvalue weighted by molar-refractivity contribution is 0.0696. The van der Waals surface area contributed by atoms with Crippen molar-refractivity contribution < 1.29 is 18.3 Å². The Labute approximate surface area is 126 Å². The molecule has 7 heteroatoms. The van der Waals surface area contributed by atoms with Gasteiger partial charge in [-0.2, -0.15) is 4.31 Å². The quantitative estimate of drug-likeness (QED) is 0.894. The minimum absolute atomic E-state index is 0.0334. The molecule has 1 aromatic rings. The van der Waals surface area contributed by atoms with Crippen LogP contribution in [0.3, 0.4) is 0 Å². The second-order valence-electron chi connectivity index (χ2n) is 4.77. The largest absolute Gasteiger partial charge is 0.478 e. The van der Waals surface area contributed by atoms with Gasteiger partial charge in [0.15, 0.2) is 0 Å². The maximum absolute atomic E-state index is 12.7. The molecule has 0 spiro atoms. The number of benzene rings is 1. The minimum atomic E-state index is -3.58. The number of hydrogen-bond donors (Lipinski definition) is 1. The number of aromatic carboxylic acids is 1. The molecule has 0 aliphatic carbocycles. The van der Waals surface area contributed by atoms with Gasteiger partial charge in [-0.15, -0.1) is 0 Å². The second kappa shape index (κ2) is 5.83. The van der Waals surface area contributed by atoms with Gasteiger partial charge in [0.1, 0.15) is 0 Å². The number of rotatable bonds is 4. The SMILES string of the molecule is CCC1CCCN1S(=O)(=O)c1ccc(C(=O)O)cc1Br. The third kappa shape index (κ3) is 2.75. The summed E-state index contributed by atoms with van der Waals surface area (Å²) in [5.41, 5.74) is 0.0595. The molecular formula is C13H16BrNO4S. The molecule has 0 saturated carbocycles. The van der Waals surface area contributed by atoms with E-state index < -0.39 is 16.0 Å². The Morgan fingerprint density at radius 3 is 2.75 bits per heavy atom. The second-order valence-corrected chi connectivity index (χ2v) is 7.48. The molecule has 1 aromatic carbocycles. The first-order valence-electron chi connectivity index (χ1n) is 6.42. The number of hydrogen-bond acceptors (Lipinski definition) is 3. The van der Waals surface area contributed by atoms with E-state index in [0.29, 0.717) is 11.0 Å². The summed E-state index contributed by atoms with van der Waals surface area (Å²) < 4.78 is 27.1. The van der Waals surface area contributed by atoms with Gasteiger partial charge in [-0.1, -0.05) is 6.92 Å². The van der Waals surface area contributed by atoms with Crippen molar-refractivity contribution >= 4 is 31.9 Å². The summed E-state index contributed by atoms with van der Waals surface area (Å²) in [6, 6.07) is 4.03. The van der Waals surface area contributed by atoms with Gasteiger partial charge < -0.3 is 5.11 Å². The van der Waals surface area contributed by atoms with Gasteiger partial charge in [0.25, 0.3) is 0 Å². The van der Waals surface area contributed by atoms with Crippen molar-refractivity contribution in [3.05, 3.63) is 28.2 Å². The number of halogens is 1. The number of sulfonamides is 1. The Balaban J connectivity index is 2.42. The number of carbonyl (C=O) groups is 1. The molecule has 2 rings (SSSR count). The first-order valence-corrected chi connectivity index (χ1v) is 8.66. The summed E-state index contributed by atoms with van der Waals surface area (Å²) in [6.45, 7) is 2.50. The van der Waals surface area contributed by atoms with Crippen LogP contribution in [-0.4, -0.2) is 36.4 Å². The Morgan fingerprint density at radius 2 is 2.20 bits per heavy atom. The molecule has 1 atom stereocenters. The highest BCUT2D eigenvalue weighted by Gasteiger charge is 2.35. The molecule has 0 bridgehead atoms. The smallest absolute Gasteiger partial charge is 0.335 e. The molecule has 0 aromatic heterocycles. The lowest BCUT2D eigenvalue weighted by atomic mass is 10.2. The van der Waals surface area contributed by atoms with E-state index in [2.05, 4.69) is 15.9 Å². The molecule has 20 heavy (non-hydrogen) atoms. The topological polar surface area (TPSA) is 74.7 Å². The summed E-state index contributed by atoms with van der Waals surface area (Å²) >= 11 is 3.17. The summed E-state index contributed by atoms with van der Waals surface area (Å²) in [5, 5.41) is 8.91. The van der Waals surface area contributed by atoms with Gasteiger partial charge in [0.2, 0.25) is 10.0 Å². The van der Waals surface area contributed by atoms with E-state index >= 15 is 0 Å². The summed E-state index contributed by atoms with van der Waals surface area (Å²) in [6.07, 6.45) is 2.52. The predicted molar refractivity (Wildman–Crippen MR) is 78.3 cm³/mol. The highest BCUT2D eigenvalue weighted by Crippen LogP contribution is 2.31. The molecule has 1 N–H and O–H groups in total. The molecule has 0 radical (unpaired) electrons. The van der Waals surface area contributed by atoms with Crippen molar-refractivity contribution in [1.82, 2.24) is 4.31 Å². The van der Waals surface area contributed by atoms with Crippen LogP contribution in [0.4, 0.5) is 0 Å². The normalized spacial score (nSPS) is 20.2. The van der Waals surface area contributed by atoms with Crippen LogP contribution in [0.5, 0.6) is 0 Å². The monoisotopic (exact) mass is 361 g/mol. The molecule has 1 heterocycles. The summed E-state index contributed by atoms with van der Waals surface area (Å²) in [4.78, 5) is 11.0. The van der Waals surface area contributed by atoms with Crippen LogP contribution in [0.1, 0.15) is 36.5 Å². The fraction of sp³-hybridized carbons (Fsp3) is 0.462. The van der Waals surface area contributed by atoms with Gasteiger partial charge in [-0.3, -0.25) is 0 Å². The molecule has 1 fully saturated rings. The molecule has 110 valence electrons. The van der Waals surface area contributed by atoms with Crippen molar-refractivity contribution in [2.45, 2.75) is 37.1 Å². The Bertz CT molecular complexity index is 629. The van der Waals surface area contributed by atoms with Crippen molar-refractivity contribution in [1.29, 1.82) is 0 Å². The molecule has 1 aliphatic rings. The molecule has 1 aliphatic heterocycles. The van der Waals surface area contributed by atoms with E-state index in [0.717, 1.165) is 19.3 Å². The fourth-order valence-electron chi connectivity index (χ4n) is 2.50. The van der Waals surface area contributed by atoms with Crippen molar-refractivity contribution in [2.75, 3.05) is 6.54 Å². The Morgan fingerprint density at radius 1 is 1.50 bits per heavy atom. The van der Waals surface area contributed by atoms with Crippen molar-refractivity contribution in [2.24, 2.45) is 0 Å². The average Bonchev–Trinajstić information content (AvgIpc) is 2.87. The van der Waals surface area contributed by atoms with E-state index in [1.807, 2.05) is 6.92 Å². The van der Waals surface area contributed by atoms with Crippen LogP contribution in [0.2, 0.25) is 0 Å². The number of carboxylic acid groups (broad SMARTS) is 1.